The topological polar surface area (TPSA) is 69.6 Å². The second-order valence-corrected chi connectivity index (χ2v) is 22.5. The highest BCUT2D eigenvalue weighted by Gasteiger charge is 2.18. The van der Waals surface area contributed by atoms with Gasteiger partial charge in [-0.05, 0) is 96.3 Å². The molecule has 452 valence electrons. The lowest BCUT2D eigenvalue weighted by atomic mass is 10.0. The van der Waals surface area contributed by atoms with Gasteiger partial charge < -0.3 is 15.5 Å². The summed E-state index contributed by atoms with van der Waals surface area (Å²) in [4.78, 5) is 12.5. The fourth-order valence-electron chi connectivity index (χ4n) is 9.80. The van der Waals surface area contributed by atoms with Gasteiger partial charge in [0.1, 0.15) is 0 Å². The Labute approximate surface area is 491 Å². The van der Waals surface area contributed by atoms with E-state index in [1.807, 2.05) is 6.08 Å². The van der Waals surface area contributed by atoms with Crippen molar-refractivity contribution in [3.8, 4) is 0 Å². The highest BCUT2D eigenvalue weighted by Crippen LogP contribution is 2.17. The van der Waals surface area contributed by atoms with Crippen molar-refractivity contribution >= 4 is 5.91 Å². The van der Waals surface area contributed by atoms with E-state index in [2.05, 4.69) is 141 Å². The first-order chi connectivity index (χ1) is 39.2. The molecule has 0 aromatic carbocycles. The number of rotatable bonds is 61. The Morgan fingerprint density at radius 3 is 0.835 bits per heavy atom. The minimum atomic E-state index is -0.862. The van der Waals surface area contributed by atoms with Crippen LogP contribution in [0.5, 0.6) is 0 Å². The molecular formula is C75H129NO3. The summed E-state index contributed by atoms with van der Waals surface area (Å²) in [6, 6.07) is -0.648. The summed E-state index contributed by atoms with van der Waals surface area (Å²) < 4.78 is 0. The molecule has 0 spiro atoms. The van der Waals surface area contributed by atoms with Crippen LogP contribution in [-0.2, 0) is 4.79 Å². The summed E-state index contributed by atoms with van der Waals surface area (Å²) in [6.45, 7) is 4.20. The Balaban J connectivity index is 3.60. The minimum absolute atomic E-state index is 0.0904. The fourth-order valence-corrected chi connectivity index (χ4v) is 9.80. The number of aliphatic hydroxyl groups is 2. The standard InChI is InChI=1S/C75H129NO3/c1-3-5-7-9-11-13-15-17-19-21-23-25-27-29-31-33-35-37-38-39-41-43-45-47-49-51-53-55-57-59-61-63-65-67-69-71-75(79)76-73(72-77)74(78)70-68-66-64-62-60-58-56-54-52-50-48-46-44-42-40-36-34-32-30-28-26-24-22-20-18-16-14-12-10-8-6-4-2/h5,7,11,13,17,19,23,25,29,31,35,37,39,41,45,47,51,53,57,59,68,70,73-74,77-78H,3-4,6,8-10,12,14-16,18,20-22,24,26-28,30,32-34,36,38,40,42-44,46,48-50,52,54-56,58,60-67,69,71-72H2,1-2H3,(H,76,79)/b7-5-,13-11-,19-17-,25-23-,31-29-,37-35-,41-39-,47-45-,53-51-,59-57-,70-68+. The maximum atomic E-state index is 12.5. The summed E-state index contributed by atoms with van der Waals surface area (Å²) in [6.07, 6.45) is 107. The van der Waals surface area contributed by atoms with Gasteiger partial charge >= 0.3 is 0 Å². The number of hydrogen-bond donors (Lipinski definition) is 3. The lowest BCUT2D eigenvalue weighted by molar-refractivity contribution is -0.123. The molecule has 1 amide bonds. The van der Waals surface area contributed by atoms with Gasteiger partial charge in [0.25, 0.3) is 0 Å². The van der Waals surface area contributed by atoms with E-state index in [-0.39, 0.29) is 12.5 Å². The van der Waals surface area contributed by atoms with Crippen LogP contribution in [0, 0.1) is 0 Å². The maximum absolute atomic E-state index is 12.5. The van der Waals surface area contributed by atoms with Crippen molar-refractivity contribution in [1.82, 2.24) is 5.32 Å². The second-order valence-electron chi connectivity index (χ2n) is 22.5. The quantitative estimate of drug-likeness (QED) is 0.0420. The molecule has 0 aliphatic heterocycles. The molecule has 0 aliphatic rings. The molecule has 0 aliphatic carbocycles. The number of amides is 1. The summed E-state index contributed by atoms with van der Waals surface area (Å²) in [7, 11) is 0. The Morgan fingerprint density at radius 2 is 0.557 bits per heavy atom. The molecule has 2 atom stereocenters. The number of aliphatic hydroxyl groups excluding tert-OH is 2. The molecule has 0 fully saturated rings. The van der Waals surface area contributed by atoms with Gasteiger partial charge in [-0.2, -0.15) is 0 Å². The number of unbranched alkanes of at least 4 members (excludes halogenated alkanes) is 34. The largest absolute Gasteiger partial charge is 0.394 e. The van der Waals surface area contributed by atoms with E-state index in [9.17, 15) is 15.0 Å². The summed E-state index contributed by atoms with van der Waals surface area (Å²) in [5.41, 5.74) is 0. The summed E-state index contributed by atoms with van der Waals surface area (Å²) in [5.74, 6) is -0.0904. The zero-order valence-electron chi connectivity index (χ0n) is 52.1. The Bertz CT molecular complexity index is 1570. The van der Waals surface area contributed by atoms with Crippen LogP contribution in [0.15, 0.2) is 134 Å². The van der Waals surface area contributed by atoms with Crippen molar-refractivity contribution < 1.29 is 15.0 Å². The molecule has 4 nitrogen and oxygen atoms in total. The van der Waals surface area contributed by atoms with Gasteiger partial charge in [-0.3, -0.25) is 4.79 Å². The van der Waals surface area contributed by atoms with Gasteiger partial charge in [0.15, 0.2) is 0 Å². The lowest BCUT2D eigenvalue weighted by Gasteiger charge is -2.20. The lowest BCUT2D eigenvalue weighted by Crippen LogP contribution is -2.45. The number of nitrogens with one attached hydrogen (secondary N) is 1. The van der Waals surface area contributed by atoms with Crippen molar-refractivity contribution in [1.29, 1.82) is 0 Å². The molecule has 0 heterocycles. The highest BCUT2D eigenvalue weighted by atomic mass is 16.3. The zero-order valence-corrected chi connectivity index (χ0v) is 52.1. The van der Waals surface area contributed by atoms with Gasteiger partial charge in [0.2, 0.25) is 5.91 Å². The van der Waals surface area contributed by atoms with Crippen LogP contribution in [0.4, 0.5) is 0 Å². The molecule has 0 saturated heterocycles. The van der Waals surface area contributed by atoms with Crippen LogP contribution in [0.2, 0.25) is 0 Å². The molecule has 2 unspecified atom stereocenters. The average molecular weight is 1090 g/mol. The van der Waals surface area contributed by atoms with Crippen LogP contribution in [0.25, 0.3) is 0 Å². The normalized spacial score (nSPS) is 13.6. The number of carbonyl (C=O) groups is 1. The molecular weight excluding hydrogens is 963 g/mol. The predicted molar refractivity (Wildman–Crippen MR) is 354 cm³/mol. The van der Waals surface area contributed by atoms with Crippen LogP contribution >= 0.6 is 0 Å². The van der Waals surface area contributed by atoms with E-state index in [0.717, 1.165) is 109 Å². The van der Waals surface area contributed by atoms with Crippen molar-refractivity contribution in [2.75, 3.05) is 6.61 Å². The molecule has 0 aromatic rings. The molecule has 0 saturated carbocycles. The van der Waals surface area contributed by atoms with E-state index in [1.165, 1.54) is 186 Å². The molecule has 79 heavy (non-hydrogen) atoms. The predicted octanol–water partition coefficient (Wildman–Crippen LogP) is 23.3. The van der Waals surface area contributed by atoms with Crippen LogP contribution < -0.4 is 5.32 Å². The molecule has 0 rings (SSSR count). The van der Waals surface area contributed by atoms with Gasteiger partial charge in [-0.1, -0.05) is 347 Å². The Kier molecular flexibility index (Phi) is 65.8. The van der Waals surface area contributed by atoms with E-state index in [1.54, 1.807) is 6.08 Å². The smallest absolute Gasteiger partial charge is 0.220 e. The van der Waals surface area contributed by atoms with Gasteiger partial charge in [0, 0.05) is 6.42 Å². The molecule has 0 aromatic heterocycles. The molecule has 0 bridgehead atoms. The number of carbonyl (C=O) groups excluding carboxylic acids is 1. The van der Waals surface area contributed by atoms with Gasteiger partial charge in [-0.25, -0.2) is 0 Å². The van der Waals surface area contributed by atoms with Crippen molar-refractivity contribution in [3.63, 3.8) is 0 Å². The van der Waals surface area contributed by atoms with Gasteiger partial charge in [-0.15, -0.1) is 0 Å². The first-order valence-corrected chi connectivity index (χ1v) is 33.9. The maximum Gasteiger partial charge on any atom is 0.220 e. The second kappa shape index (κ2) is 68.8. The van der Waals surface area contributed by atoms with Crippen LogP contribution in [0.3, 0.4) is 0 Å². The Hall–Kier alpha value is -3.47. The summed E-state index contributed by atoms with van der Waals surface area (Å²) >= 11 is 0. The van der Waals surface area contributed by atoms with E-state index < -0.39 is 12.1 Å². The minimum Gasteiger partial charge on any atom is -0.394 e. The number of allylic oxidation sites excluding steroid dienone is 21. The number of hydrogen-bond acceptors (Lipinski definition) is 3. The third kappa shape index (κ3) is 65.2. The van der Waals surface area contributed by atoms with E-state index in [0.29, 0.717) is 6.42 Å². The summed E-state index contributed by atoms with van der Waals surface area (Å²) in [5, 5.41) is 23.3. The van der Waals surface area contributed by atoms with Crippen molar-refractivity contribution in [2.45, 2.75) is 328 Å². The van der Waals surface area contributed by atoms with Gasteiger partial charge in [0.05, 0.1) is 18.8 Å². The SMILES string of the molecule is CC/C=C\C/C=C\C/C=C\C/C=C\C/C=C\C/C=C\C/C=C\C/C=C\C/C=C\C/C=C\CCCCCCC(=O)NC(CO)C(O)/C=C/CCCCCCCCCCCCCCCCCCCCCCCCCCCCCCCC. The monoisotopic (exact) mass is 1090 g/mol. The average Bonchev–Trinajstić information content (AvgIpc) is 3.45. The van der Waals surface area contributed by atoms with E-state index in [4.69, 9.17) is 0 Å². The van der Waals surface area contributed by atoms with E-state index >= 15 is 0 Å². The Morgan fingerprint density at radius 1 is 0.316 bits per heavy atom. The van der Waals surface area contributed by atoms with Crippen LogP contribution in [-0.4, -0.2) is 34.9 Å². The first kappa shape index (κ1) is 75.5. The van der Waals surface area contributed by atoms with Crippen molar-refractivity contribution in [3.05, 3.63) is 134 Å². The van der Waals surface area contributed by atoms with Crippen LogP contribution in [0.1, 0.15) is 316 Å². The fraction of sp³-hybridized carbons (Fsp3) is 0.693. The third-order valence-electron chi connectivity index (χ3n) is 14.9. The molecule has 4 heteroatoms. The molecule has 3 N–H and O–H groups in total. The zero-order chi connectivity index (χ0) is 56.9. The highest BCUT2D eigenvalue weighted by molar-refractivity contribution is 5.76. The van der Waals surface area contributed by atoms with Crippen molar-refractivity contribution in [2.24, 2.45) is 0 Å². The molecule has 0 radical (unpaired) electrons. The first-order valence-electron chi connectivity index (χ1n) is 33.9. The third-order valence-corrected chi connectivity index (χ3v) is 14.9.